The highest BCUT2D eigenvalue weighted by atomic mass is 35.5. The summed E-state index contributed by atoms with van der Waals surface area (Å²) in [6.45, 7) is 9.65. The van der Waals surface area contributed by atoms with Crippen molar-refractivity contribution in [2.45, 2.75) is 57.9 Å². The van der Waals surface area contributed by atoms with E-state index in [0.717, 1.165) is 25.0 Å². The third kappa shape index (κ3) is 4.48. The van der Waals surface area contributed by atoms with Gasteiger partial charge in [0, 0.05) is 37.3 Å². The van der Waals surface area contributed by atoms with Crippen LogP contribution in [0.3, 0.4) is 0 Å². The van der Waals surface area contributed by atoms with Gasteiger partial charge >= 0.3 is 5.97 Å². The number of aromatic carboxylic acids is 1. The predicted molar refractivity (Wildman–Crippen MR) is 154 cm³/mol. The molecule has 4 heterocycles. The number of anilines is 3. The number of pyridine rings is 1. The molecule has 1 amide bonds. The molecule has 6 rings (SSSR count). The Kier molecular flexibility index (Phi) is 6.44. The Morgan fingerprint density at radius 3 is 2.44 bits per heavy atom. The highest BCUT2D eigenvalue weighted by molar-refractivity contribution is 6.30. The van der Waals surface area contributed by atoms with Crippen molar-refractivity contribution < 1.29 is 19.1 Å². The summed E-state index contributed by atoms with van der Waals surface area (Å²) in [5.41, 5.74) is 2.37. The number of rotatable bonds is 4. The number of hydrogen-bond donors (Lipinski definition) is 1. The van der Waals surface area contributed by atoms with E-state index in [1.165, 1.54) is 12.3 Å². The summed E-state index contributed by atoms with van der Waals surface area (Å²) < 4.78 is 14.3. The molecule has 1 saturated carbocycles. The van der Waals surface area contributed by atoms with Crippen LogP contribution in [0.25, 0.3) is 0 Å². The molecule has 0 unspecified atom stereocenters. The smallest absolute Gasteiger partial charge is 0.337 e. The second kappa shape index (κ2) is 9.65. The Bertz CT molecular complexity index is 1570. The highest BCUT2D eigenvalue weighted by Gasteiger charge is 2.50. The van der Waals surface area contributed by atoms with Crippen molar-refractivity contribution in [3.05, 3.63) is 69.5 Å². The second-order valence-corrected chi connectivity index (χ2v) is 12.4. The maximum absolute atomic E-state index is 14.3. The lowest BCUT2D eigenvalue weighted by Gasteiger charge is -2.47. The van der Waals surface area contributed by atoms with E-state index in [0.29, 0.717) is 60.5 Å². The van der Waals surface area contributed by atoms with Crippen LogP contribution < -0.4 is 9.80 Å². The van der Waals surface area contributed by atoms with Crippen molar-refractivity contribution in [2.24, 2.45) is 0 Å². The highest BCUT2D eigenvalue weighted by Crippen LogP contribution is 2.53. The molecule has 1 aromatic carbocycles. The number of fused-ring (bicyclic) bond motifs is 2. The molecule has 0 bridgehead atoms. The first kappa shape index (κ1) is 27.4. The van der Waals surface area contributed by atoms with Crippen LogP contribution >= 0.6 is 11.6 Å². The summed E-state index contributed by atoms with van der Waals surface area (Å²) >= 11 is 5.92. The number of halogens is 2. The van der Waals surface area contributed by atoms with Gasteiger partial charge in [-0.1, -0.05) is 18.0 Å². The molecule has 1 saturated heterocycles. The summed E-state index contributed by atoms with van der Waals surface area (Å²) in [5.74, 6) is -0.295. The van der Waals surface area contributed by atoms with Crippen molar-refractivity contribution >= 4 is 40.8 Å². The Morgan fingerprint density at radius 1 is 1.07 bits per heavy atom. The number of hydrogen-bond acceptors (Lipinski definition) is 7. The zero-order valence-corrected chi connectivity index (χ0v) is 24.3. The quantitative estimate of drug-likeness (QED) is 0.445. The van der Waals surface area contributed by atoms with Gasteiger partial charge in [0.05, 0.1) is 33.7 Å². The van der Waals surface area contributed by atoms with E-state index >= 15 is 0 Å². The van der Waals surface area contributed by atoms with Gasteiger partial charge in [-0.3, -0.25) is 4.79 Å². The molecule has 3 aromatic rings. The lowest BCUT2D eigenvalue weighted by atomic mass is 9.68. The zero-order valence-electron chi connectivity index (χ0n) is 23.5. The zero-order chi connectivity index (χ0) is 29.3. The van der Waals surface area contributed by atoms with Crippen LogP contribution in [0.4, 0.5) is 21.7 Å². The molecule has 1 spiro atoms. The minimum Gasteiger partial charge on any atom is -0.478 e. The van der Waals surface area contributed by atoms with Crippen LogP contribution in [0, 0.1) is 19.7 Å². The number of carboxylic acids is 1. The number of carbonyl (C=O) groups excluding carboxylic acids is 1. The van der Waals surface area contributed by atoms with Crippen molar-refractivity contribution in [1.82, 2.24) is 19.9 Å². The van der Waals surface area contributed by atoms with Gasteiger partial charge in [0.1, 0.15) is 17.3 Å². The van der Waals surface area contributed by atoms with Crippen molar-refractivity contribution in [3.8, 4) is 0 Å². The fraction of sp³-hybridized carbons (Fsp3) is 0.433. The van der Waals surface area contributed by atoms with Gasteiger partial charge in [-0.2, -0.15) is 0 Å². The molecule has 2 aromatic heterocycles. The molecule has 41 heavy (non-hydrogen) atoms. The Hall–Kier alpha value is -3.79. The molecule has 9 nitrogen and oxygen atoms in total. The van der Waals surface area contributed by atoms with Crippen LogP contribution in [0.15, 0.2) is 30.5 Å². The summed E-state index contributed by atoms with van der Waals surface area (Å²) in [5, 5.41) is 9.58. The molecule has 0 atom stereocenters. The summed E-state index contributed by atoms with van der Waals surface area (Å²) in [6.07, 6.45) is 4.47. The first-order chi connectivity index (χ1) is 19.4. The number of piperazine rings is 1. The predicted octanol–water partition coefficient (Wildman–Crippen LogP) is 5.29. The number of benzene rings is 1. The topological polar surface area (TPSA) is 103 Å². The van der Waals surface area contributed by atoms with E-state index in [2.05, 4.69) is 9.88 Å². The lowest BCUT2D eigenvalue weighted by Crippen LogP contribution is -2.61. The number of aromatic nitrogens is 3. The number of nitrogens with zero attached hydrogens (tertiary/aromatic N) is 6. The van der Waals surface area contributed by atoms with Gasteiger partial charge in [-0.15, -0.1) is 0 Å². The minimum absolute atomic E-state index is 0.0691. The van der Waals surface area contributed by atoms with Gasteiger partial charge in [0.15, 0.2) is 5.82 Å². The molecule has 214 valence electrons. The lowest BCUT2D eigenvalue weighted by molar-refractivity contribution is 0.0505. The fourth-order valence-corrected chi connectivity index (χ4v) is 6.64. The van der Waals surface area contributed by atoms with Crippen molar-refractivity contribution in [3.63, 3.8) is 0 Å². The van der Waals surface area contributed by atoms with Crippen LogP contribution in [0.1, 0.15) is 70.9 Å². The fourth-order valence-electron chi connectivity index (χ4n) is 6.52. The van der Waals surface area contributed by atoms with E-state index < -0.39 is 17.3 Å². The van der Waals surface area contributed by atoms with E-state index in [-0.39, 0.29) is 21.9 Å². The summed E-state index contributed by atoms with van der Waals surface area (Å²) in [7, 11) is 0. The first-order valence-corrected chi connectivity index (χ1v) is 14.2. The number of amides is 1. The number of carboxylic acid groups (broad SMARTS) is 1. The second-order valence-electron chi connectivity index (χ2n) is 12.0. The Balaban J connectivity index is 1.26. The standard InChI is InChI=1S/C30H32ClFN6O3/c1-17-12-23(34-18(2)24(17)28(40)41)36-10-11-38(29(3,4)15-36)27(39)22-14-33-26-25(35-22)30(8-5-9-30)16-37(26)19-6-7-20(31)21(32)13-19/h6-7,12-14H,5,8-11,15-16H2,1-4H3,(H,40,41). The maximum atomic E-state index is 14.3. The van der Waals surface area contributed by atoms with Crippen molar-refractivity contribution in [2.75, 3.05) is 36.0 Å². The molecular formula is C30H32ClFN6O3. The minimum atomic E-state index is -0.989. The van der Waals surface area contributed by atoms with Gasteiger partial charge in [-0.25, -0.2) is 24.1 Å². The molecule has 3 aliphatic rings. The maximum Gasteiger partial charge on any atom is 0.337 e. The number of aryl methyl sites for hydroxylation is 2. The Labute approximate surface area is 243 Å². The van der Waals surface area contributed by atoms with Crippen LogP contribution in [0.2, 0.25) is 5.02 Å². The molecule has 2 fully saturated rings. The van der Waals surface area contributed by atoms with Crippen molar-refractivity contribution in [1.29, 1.82) is 0 Å². The molecule has 1 N–H and O–H groups in total. The SMILES string of the molecule is Cc1cc(N2CCN(C(=O)c3cnc4c(n3)C3(CCC3)CN4c3ccc(Cl)c(F)c3)C(C)(C)C2)nc(C)c1C(=O)O. The third-order valence-corrected chi connectivity index (χ3v) is 9.09. The molecule has 11 heteroatoms. The van der Waals surface area contributed by atoms with E-state index in [1.54, 1.807) is 32.0 Å². The molecule has 2 aliphatic heterocycles. The van der Waals surface area contributed by atoms with Gasteiger partial charge in [0.2, 0.25) is 0 Å². The average Bonchev–Trinajstić information content (AvgIpc) is 3.24. The van der Waals surface area contributed by atoms with Crippen LogP contribution in [0.5, 0.6) is 0 Å². The number of carbonyl (C=O) groups is 2. The monoisotopic (exact) mass is 578 g/mol. The summed E-state index contributed by atoms with van der Waals surface area (Å²) in [4.78, 5) is 45.6. The van der Waals surface area contributed by atoms with Crippen LogP contribution in [-0.4, -0.2) is 68.6 Å². The molecule has 1 aliphatic carbocycles. The Morgan fingerprint density at radius 2 is 1.83 bits per heavy atom. The van der Waals surface area contributed by atoms with Crippen LogP contribution in [-0.2, 0) is 5.41 Å². The third-order valence-electron chi connectivity index (χ3n) is 8.79. The van der Waals surface area contributed by atoms with Gasteiger partial charge in [-0.05, 0) is 70.4 Å². The van der Waals surface area contributed by atoms with E-state index in [9.17, 15) is 19.1 Å². The average molecular weight is 579 g/mol. The van der Waals surface area contributed by atoms with Gasteiger partial charge < -0.3 is 19.8 Å². The van der Waals surface area contributed by atoms with Gasteiger partial charge in [0.25, 0.3) is 5.91 Å². The van der Waals surface area contributed by atoms with E-state index in [1.807, 2.05) is 23.6 Å². The summed E-state index contributed by atoms with van der Waals surface area (Å²) in [6, 6.07) is 6.54. The first-order valence-electron chi connectivity index (χ1n) is 13.8. The van der Waals surface area contributed by atoms with E-state index in [4.69, 9.17) is 21.6 Å². The largest absolute Gasteiger partial charge is 0.478 e. The molecular weight excluding hydrogens is 547 g/mol. The normalized spacial score (nSPS) is 18.8. The molecule has 0 radical (unpaired) electrons.